The van der Waals surface area contributed by atoms with Crippen LogP contribution in [0.25, 0.3) is 0 Å². The number of halogens is 3. The maximum absolute atomic E-state index is 13.0. The minimum absolute atomic E-state index is 0. The summed E-state index contributed by atoms with van der Waals surface area (Å²) in [6.45, 7) is -0.415. The molecule has 2 aliphatic rings. The van der Waals surface area contributed by atoms with Gasteiger partial charge in [0.1, 0.15) is 0 Å². The zero-order chi connectivity index (χ0) is 13.5. The molecular formula is C12H17ClF2N4O. The number of alkyl halides is 2. The van der Waals surface area contributed by atoms with Crippen LogP contribution < -0.4 is 10.6 Å². The van der Waals surface area contributed by atoms with E-state index in [0.717, 1.165) is 24.1 Å². The second-order valence-corrected chi connectivity index (χ2v) is 5.32. The Balaban J connectivity index is 0.00000147. The molecular weight excluding hydrogens is 290 g/mol. The highest BCUT2D eigenvalue weighted by Gasteiger charge is 2.42. The van der Waals surface area contributed by atoms with Crippen LogP contribution in [0, 0.1) is 0 Å². The van der Waals surface area contributed by atoms with E-state index in [1.807, 2.05) is 0 Å². The lowest BCUT2D eigenvalue weighted by Crippen LogP contribution is -2.46. The number of nitrogens with one attached hydrogen (secondary N) is 3. The standard InChI is InChI=1S/C12H16F2N4O.ClH/c13-12(14)4-10(15-6-12)11(19)17-8-1-2-9-7(3-8)5-16-18-9;/h5,8,10,15H,1-4,6H2,(H,16,18)(H,17,19);1H. The molecule has 1 aromatic rings. The lowest BCUT2D eigenvalue weighted by atomic mass is 9.93. The van der Waals surface area contributed by atoms with E-state index in [1.165, 1.54) is 0 Å². The van der Waals surface area contributed by atoms with Crippen molar-refractivity contribution in [2.75, 3.05) is 6.54 Å². The van der Waals surface area contributed by atoms with Crippen molar-refractivity contribution < 1.29 is 13.6 Å². The van der Waals surface area contributed by atoms with Gasteiger partial charge < -0.3 is 5.32 Å². The predicted molar refractivity (Wildman–Crippen MR) is 71.1 cm³/mol. The number of H-pyrrole nitrogens is 1. The molecule has 0 radical (unpaired) electrons. The number of carbonyl (C=O) groups excluding carboxylic acids is 1. The highest BCUT2D eigenvalue weighted by molar-refractivity contribution is 5.85. The molecule has 1 fully saturated rings. The van der Waals surface area contributed by atoms with Gasteiger partial charge >= 0.3 is 0 Å². The van der Waals surface area contributed by atoms with E-state index in [-0.39, 0.29) is 24.4 Å². The quantitative estimate of drug-likeness (QED) is 0.757. The lowest BCUT2D eigenvalue weighted by Gasteiger charge is -2.24. The third kappa shape index (κ3) is 3.09. The van der Waals surface area contributed by atoms with E-state index >= 15 is 0 Å². The molecule has 20 heavy (non-hydrogen) atoms. The number of carbonyl (C=O) groups is 1. The molecule has 2 atom stereocenters. The topological polar surface area (TPSA) is 69.8 Å². The zero-order valence-corrected chi connectivity index (χ0v) is 11.6. The van der Waals surface area contributed by atoms with Gasteiger partial charge in [-0.15, -0.1) is 12.4 Å². The van der Waals surface area contributed by atoms with Gasteiger partial charge in [-0.3, -0.25) is 15.2 Å². The van der Waals surface area contributed by atoms with Crippen molar-refractivity contribution in [3.8, 4) is 0 Å². The summed E-state index contributed by atoms with van der Waals surface area (Å²) in [6.07, 6.45) is 3.69. The van der Waals surface area contributed by atoms with E-state index in [9.17, 15) is 13.6 Å². The largest absolute Gasteiger partial charge is 0.352 e. The normalized spacial score (nSPS) is 27.5. The highest BCUT2D eigenvalue weighted by atomic mass is 35.5. The van der Waals surface area contributed by atoms with Gasteiger partial charge in [-0.1, -0.05) is 0 Å². The Bertz CT molecular complexity index is 494. The van der Waals surface area contributed by atoms with Gasteiger partial charge in [-0.2, -0.15) is 5.10 Å². The molecule has 1 aromatic heterocycles. The lowest BCUT2D eigenvalue weighted by molar-refractivity contribution is -0.124. The van der Waals surface area contributed by atoms with Crippen molar-refractivity contribution in [2.45, 2.75) is 43.7 Å². The second kappa shape index (κ2) is 5.65. The first kappa shape index (κ1) is 15.2. The number of hydrogen-bond acceptors (Lipinski definition) is 3. The van der Waals surface area contributed by atoms with Crippen LogP contribution in [0.4, 0.5) is 8.78 Å². The van der Waals surface area contributed by atoms with Crippen LogP contribution in [0.3, 0.4) is 0 Å². The molecule has 0 saturated carbocycles. The Labute approximate surface area is 121 Å². The first-order valence-electron chi connectivity index (χ1n) is 6.46. The summed E-state index contributed by atoms with van der Waals surface area (Å²) in [5.41, 5.74) is 2.21. The molecule has 3 rings (SSSR count). The molecule has 0 bridgehead atoms. The van der Waals surface area contributed by atoms with Crippen LogP contribution in [-0.4, -0.2) is 40.7 Å². The molecule has 1 aliphatic heterocycles. The number of rotatable bonds is 2. The summed E-state index contributed by atoms with van der Waals surface area (Å²) in [7, 11) is 0. The third-order valence-corrected chi connectivity index (χ3v) is 3.79. The van der Waals surface area contributed by atoms with Crippen LogP contribution in [0.15, 0.2) is 6.20 Å². The fourth-order valence-electron chi connectivity index (χ4n) is 2.74. The molecule has 1 saturated heterocycles. The number of fused-ring (bicyclic) bond motifs is 1. The van der Waals surface area contributed by atoms with Crippen LogP contribution in [0.2, 0.25) is 0 Å². The first-order valence-corrected chi connectivity index (χ1v) is 6.46. The Morgan fingerprint density at radius 1 is 1.50 bits per heavy atom. The van der Waals surface area contributed by atoms with Crippen molar-refractivity contribution in [3.05, 3.63) is 17.5 Å². The summed E-state index contributed by atoms with van der Waals surface area (Å²) in [6, 6.07) is -0.769. The molecule has 112 valence electrons. The Morgan fingerprint density at radius 3 is 3.00 bits per heavy atom. The number of hydrogen-bond donors (Lipinski definition) is 3. The molecule has 2 heterocycles. The van der Waals surface area contributed by atoms with E-state index < -0.39 is 24.9 Å². The SMILES string of the molecule is Cl.O=C(NC1CCc2[nH]ncc2C1)C1CC(F)(F)CN1. The molecule has 3 N–H and O–H groups in total. The van der Waals surface area contributed by atoms with Gasteiger partial charge in [0.25, 0.3) is 5.92 Å². The highest BCUT2D eigenvalue weighted by Crippen LogP contribution is 2.25. The maximum atomic E-state index is 13.0. The summed E-state index contributed by atoms with van der Waals surface area (Å²) in [4.78, 5) is 11.9. The number of amides is 1. The smallest absolute Gasteiger partial charge is 0.262 e. The Kier molecular flexibility index (Phi) is 4.29. The number of aryl methyl sites for hydroxylation is 1. The monoisotopic (exact) mass is 306 g/mol. The van der Waals surface area contributed by atoms with Crippen molar-refractivity contribution >= 4 is 18.3 Å². The van der Waals surface area contributed by atoms with Crippen molar-refractivity contribution in [2.24, 2.45) is 0 Å². The van der Waals surface area contributed by atoms with Gasteiger partial charge in [0.2, 0.25) is 5.91 Å². The van der Waals surface area contributed by atoms with E-state index in [0.29, 0.717) is 6.42 Å². The molecule has 1 aliphatic carbocycles. The molecule has 0 aromatic carbocycles. The average molecular weight is 307 g/mol. The molecule has 5 nitrogen and oxygen atoms in total. The van der Waals surface area contributed by atoms with Gasteiger partial charge in [0, 0.05) is 18.2 Å². The minimum Gasteiger partial charge on any atom is -0.352 e. The van der Waals surface area contributed by atoms with Crippen LogP contribution in [0.5, 0.6) is 0 Å². The second-order valence-electron chi connectivity index (χ2n) is 5.32. The fourth-order valence-corrected chi connectivity index (χ4v) is 2.74. The maximum Gasteiger partial charge on any atom is 0.262 e. The van der Waals surface area contributed by atoms with Gasteiger partial charge in [0.15, 0.2) is 0 Å². The predicted octanol–water partition coefficient (Wildman–Crippen LogP) is 0.802. The average Bonchev–Trinajstić information content (AvgIpc) is 2.94. The van der Waals surface area contributed by atoms with Crippen molar-refractivity contribution in [3.63, 3.8) is 0 Å². The van der Waals surface area contributed by atoms with Crippen molar-refractivity contribution in [1.29, 1.82) is 0 Å². The fraction of sp³-hybridized carbons (Fsp3) is 0.667. The van der Waals surface area contributed by atoms with E-state index in [2.05, 4.69) is 20.8 Å². The Hall–Kier alpha value is -1.21. The molecule has 2 unspecified atom stereocenters. The summed E-state index contributed by atoms with van der Waals surface area (Å²) >= 11 is 0. The van der Waals surface area contributed by atoms with Gasteiger partial charge in [0.05, 0.1) is 18.8 Å². The molecule has 0 spiro atoms. The van der Waals surface area contributed by atoms with Gasteiger partial charge in [-0.05, 0) is 24.8 Å². The van der Waals surface area contributed by atoms with Crippen LogP contribution >= 0.6 is 12.4 Å². The number of aromatic amines is 1. The summed E-state index contributed by atoms with van der Waals surface area (Å²) < 4.78 is 26.1. The van der Waals surface area contributed by atoms with Crippen LogP contribution in [-0.2, 0) is 17.6 Å². The van der Waals surface area contributed by atoms with Crippen LogP contribution in [0.1, 0.15) is 24.1 Å². The minimum atomic E-state index is -2.77. The summed E-state index contributed by atoms with van der Waals surface area (Å²) in [5.74, 6) is -3.10. The zero-order valence-electron chi connectivity index (χ0n) is 10.8. The van der Waals surface area contributed by atoms with E-state index in [4.69, 9.17) is 0 Å². The number of nitrogens with zero attached hydrogens (tertiary/aromatic N) is 1. The Morgan fingerprint density at radius 2 is 2.30 bits per heavy atom. The number of aromatic nitrogens is 2. The van der Waals surface area contributed by atoms with Gasteiger partial charge in [-0.25, -0.2) is 8.78 Å². The molecule has 8 heteroatoms. The first-order chi connectivity index (χ1) is 9.03. The summed E-state index contributed by atoms with van der Waals surface area (Å²) in [5, 5.41) is 12.3. The van der Waals surface area contributed by atoms with Crippen molar-refractivity contribution in [1.82, 2.24) is 20.8 Å². The van der Waals surface area contributed by atoms with E-state index in [1.54, 1.807) is 6.20 Å². The third-order valence-electron chi connectivity index (χ3n) is 3.79. The molecule has 1 amide bonds.